The van der Waals surface area contributed by atoms with Gasteiger partial charge in [-0.05, 0) is 30.5 Å². The van der Waals surface area contributed by atoms with E-state index in [0.29, 0.717) is 28.1 Å². The summed E-state index contributed by atoms with van der Waals surface area (Å²) in [5.41, 5.74) is 1.87. The second-order valence-electron chi connectivity index (χ2n) is 8.26. The highest BCUT2D eigenvalue weighted by Gasteiger charge is 2.27. The molecule has 1 atom stereocenters. The molecule has 1 heterocycles. The molecule has 1 amide bonds. The fraction of sp³-hybridized carbons (Fsp3) is 0.304. The lowest BCUT2D eigenvalue weighted by Gasteiger charge is -2.30. The van der Waals surface area contributed by atoms with Crippen LogP contribution in [0.4, 0.5) is 5.95 Å². The van der Waals surface area contributed by atoms with E-state index in [-0.39, 0.29) is 17.4 Å². The van der Waals surface area contributed by atoms with Crippen LogP contribution in [0, 0.1) is 5.41 Å². The van der Waals surface area contributed by atoms with E-state index in [2.05, 4.69) is 31.1 Å². The molecule has 0 aliphatic carbocycles. The minimum atomic E-state index is -0.574. The lowest BCUT2D eigenvalue weighted by Crippen LogP contribution is -2.24. The number of carbonyl (C=O) groups excluding carboxylic acids is 3. The SMILES string of the molecule is CC(=O)Nc1nc2ccc(C(=O)C(=O)c3ccccc3)cc2n1[C@H](C)C(C)(C)C. The summed E-state index contributed by atoms with van der Waals surface area (Å²) in [5, 5.41) is 2.77. The van der Waals surface area contributed by atoms with E-state index in [1.807, 2.05) is 11.5 Å². The molecule has 0 aliphatic rings. The number of benzene rings is 2. The molecule has 0 fully saturated rings. The van der Waals surface area contributed by atoms with Crippen LogP contribution in [-0.4, -0.2) is 27.0 Å². The van der Waals surface area contributed by atoms with E-state index >= 15 is 0 Å². The number of hydrogen-bond donors (Lipinski definition) is 1. The zero-order chi connectivity index (χ0) is 21.3. The maximum absolute atomic E-state index is 12.8. The highest BCUT2D eigenvalue weighted by Crippen LogP contribution is 2.36. The van der Waals surface area contributed by atoms with Crippen LogP contribution in [0.2, 0.25) is 0 Å². The summed E-state index contributed by atoms with van der Waals surface area (Å²) in [6, 6.07) is 13.5. The van der Waals surface area contributed by atoms with Gasteiger partial charge >= 0.3 is 0 Å². The van der Waals surface area contributed by atoms with Crippen LogP contribution >= 0.6 is 0 Å². The number of ketones is 2. The van der Waals surface area contributed by atoms with E-state index in [9.17, 15) is 14.4 Å². The number of nitrogens with zero attached hydrogens (tertiary/aromatic N) is 2. The van der Waals surface area contributed by atoms with Crippen molar-refractivity contribution in [3.8, 4) is 0 Å². The Bertz CT molecular complexity index is 1090. The Morgan fingerprint density at radius 2 is 1.59 bits per heavy atom. The average Bonchev–Trinajstić information content (AvgIpc) is 3.02. The molecule has 0 spiro atoms. The highest BCUT2D eigenvalue weighted by molar-refractivity contribution is 6.49. The Kier molecular flexibility index (Phi) is 5.38. The number of rotatable bonds is 5. The summed E-state index contributed by atoms with van der Waals surface area (Å²) in [6.45, 7) is 9.74. The lowest BCUT2D eigenvalue weighted by atomic mass is 9.87. The Labute approximate surface area is 169 Å². The van der Waals surface area contributed by atoms with Crippen molar-refractivity contribution in [3.63, 3.8) is 0 Å². The van der Waals surface area contributed by atoms with Gasteiger partial charge in [-0.15, -0.1) is 0 Å². The molecule has 29 heavy (non-hydrogen) atoms. The molecule has 0 saturated carbocycles. The lowest BCUT2D eigenvalue weighted by molar-refractivity contribution is -0.114. The molecule has 6 heteroatoms. The Morgan fingerprint density at radius 1 is 0.966 bits per heavy atom. The summed E-state index contributed by atoms with van der Waals surface area (Å²) >= 11 is 0. The second-order valence-corrected chi connectivity index (χ2v) is 8.26. The first-order valence-corrected chi connectivity index (χ1v) is 9.53. The number of imidazole rings is 1. The third-order valence-corrected chi connectivity index (χ3v) is 5.12. The Balaban J connectivity index is 2.12. The summed E-state index contributed by atoms with van der Waals surface area (Å²) in [5.74, 6) is -0.926. The normalized spacial score (nSPS) is 12.6. The smallest absolute Gasteiger partial charge is 0.233 e. The molecular weight excluding hydrogens is 366 g/mol. The molecule has 0 aliphatic heterocycles. The minimum Gasteiger partial charge on any atom is -0.307 e. The standard InChI is InChI=1S/C23H25N3O3/c1-14(23(3,4)5)26-19-13-17(11-12-18(19)25-22(26)24-15(2)27)21(29)20(28)16-9-7-6-8-10-16/h6-14H,1-5H3,(H,24,25,27)/t14-/m1/s1. The van der Waals surface area contributed by atoms with Crippen molar-refractivity contribution in [1.29, 1.82) is 0 Å². The van der Waals surface area contributed by atoms with Crippen molar-refractivity contribution in [1.82, 2.24) is 9.55 Å². The van der Waals surface area contributed by atoms with E-state index in [1.165, 1.54) is 6.92 Å². The van der Waals surface area contributed by atoms with Crippen LogP contribution in [0.1, 0.15) is 61.4 Å². The number of nitrogens with one attached hydrogen (secondary N) is 1. The molecule has 1 aromatic heterocycles. The van der Waals surface area contributed by atoms with Crippen LogP contribution in [0.5, 0.6) is 0 Å². The van der Waals surface area contributed by atoms with Crippen molar-refractivity contribution in [2.45, 2.75) is 40.7 Å². The van der Waals surface area contributed by atoms with Crippen molar-refractivity contribution >= 4 is 34.5 Å². The maximum Gasteiger partial charge on any atom is 0.233 e. The number of hydrogen-bond acceptors (Lipinski definition) is 4. The van der Waals surface area contributed by atoms with E-state index in [4.69, 9.17) is 0 Å². The predicted octanol–water partition coefficient (Wildman–Crippen LogP) is 4.67. The first-order chi connectivity index (χ1) is 13.6. The van der Waals surface area contributed by atoms with Gasteiger partial charge in [0.05, 0.1) is 11.0 Å². The monoisotopic (exact) mass is 391 g/mol. The van der Waals surface area contributed by atoms with Crippen molar-refractivity contribution in [2.75, 3.05) is 5.32 Å². The van der Waals surface area contributed by atoms with Crippen LogP contribution in [-0.2, 0) is 4.79 Å². The summed E-state index contributed by atoms with van der Waals surface area (Å²) < 4.78 is 1.92. The molecule has 6 nitrogen and oxygen atoms in total. The number of amides is 1. The predicted molar refractivity (Wildman–Crippen MR) is 113 cm³/mol. The van der Waals surface area contributed by atoms with Crippen molar-refractivity contribution < 1.29 is 14.4 Å². The van der Waals surface area contributed by atoms with Gasteiger partial charge in [0.2, 0.25) is 23.4 Å². The minimum absolute atomic E-state index is 0.0236. The largest absolute Gasteiger partial charge is 0.307 e. The first kappa shape index (κ1) is 20.5. The molecule has 3 rings (SSSR count). The number of Topliss-reactive ketones (excluding diaryl/α,β-unsaturated/α-hetero) is 2. The molecule has 0 unspecified atom stereocenters. The van der Waals surface area contributed by atoms with Gasteiger partial charge in [-0.1, -0.05) is 51.1 Å². The molecule has 150 valence electrons. The van der Waals surface area contributed by atoms with Gasteiger partial charge in [0, 0.05) is 24.1 Å². The van der Waals surface area contributed by atoms with E-state index in [0.717, 1.165) is 0 Å². The molecule has 0 bridgehead atoms. The third kappa shape index (κ3) is 4.11. The maximum atomic E-state index is 12.8. The van der Waals surface area contributed by atoms with Gasteiger partial charge in [-0.3, -0.25) is 19.7 Å². The number of aromatic nitrogens is 2. The van der Waals surface area contributed by atoms with Crippen molar-refractivity contribution in [2.24, 2.45) is 5.41 Å². The molecule has 0 radical (unpaired) electrons. The Morgan fingerprint density at radius 3 is 2.17 bits per heavy atom. The molecule has 2 aromatic carbocycles. The molecule has 3 aromatic rings. The summed E-state index contributed by atoms with van der Waals surface area (Å²) in [4.78, 5) is 41.6. The number of fused-ring (bicyclic) bond motifs is 1. The Hall–Kier alpha value is -3.28. The zero-order valence-corrected chi connectivity index (χ0v) is 17.3. The fourth-order valence-corrected chi connectivity index (χ4v) is 3.11. The van der Waals surface area contributed by atoms with Crippen molar-refractivity contribution in [3.05, 3.63) is 59.7 Å². The average molecular weight is 391 g/mol. The third-order valence-electron chi connectivity index (χ3n) is 5.12. The molecule has 1 N–H and O–H groups in total. The van der Waals surface area contributed by atoms with Gasteiger partial charge < -0.3 is 4.57 Å². The van der Waals surface area contributed by atoms with Gasteiger partial charge in [-0.2, -0.15) is 0 Å². The summed E-state index contributed by atoms with van der Waals surface area (Å²) in [6.07, 6.45) is 0. The first-order valence-electron chi connectivity index (χ1n) is 9.53. The fourth-order valence-electron chi connectivity index (χ4n) is 3.11. The van der Waals surface area contributed by atoms with Gasteiger partial charge in [-0.25, -0.2) is 4.98 Å². The van der Waals surface area contributed by atoms with Gasteiger partial charge in [0.25, 0.3) is 0 Å². The molecule has 0 saturated heterocycles. The second kappa shape index (κ2) is 7.62. The number of anilines is 1. The number of carbonyl (C=O) groups is 3. The van der Waals surface area contributed by atoms with Crippen LogP contribution in [0.25, 0.3) is 11.0 Å². The highest BCUT2D eigenvalue weighted by atomic mass is 16.2. The van der Waals surface area contributed by atoms with E-state index < -0.39 is 11.6 Å². The van der Waals surface area contributed by atoms with Crippen LogP contribution in [0.15, 0.2) is 48.5 Å². The van der Waals surface area contributed by atoms with Gasteiger partial charge in [0.1, 0.15) is 0 Å². The van der Waals surface area contributed by atoms with Crippen LogP contribution < -0.4 is 5.32 Å². The topological polar surface area (TPSA) is 81.1 Å². The summed E-state index contributed by atoms with van der Waals surface area (Å²) in [7, 11) is 0. The van der Waals surface area contributed by atoms with Gasteiger partial charge in [0.15, 0.2) is 0 Å². The zero-order valence-electron chi connectivity index (χ0n) is 17.3. The molecular formula is C23H25N3O3. The van der Waals surface area contributed by atoms with E-state index in [1.54, 1.807) is 48.5 Å². The van der Waals surface area contributed by atoms with Crippen LogP contribution in [0.3, 0.4) is 0 Å². The quantitative estimate of drug-likeness (QED) is 0.506.